The van der Waals surface area contributed by atoms with Crippen molar-refractivity contribution >= 4 is 17.5 Å². The molecule has 0 amide bonds. The van der Waals surface area contributed by atoms with Gasteiger partial charge in [0.25, 0.3) is 0 Å². The molecule has 2 heterocycles. The highest BCUT2D eigenvalue weighted by atomic mass is 15.3. The number of fused-ring (bicyclic) bond motifs is 1. The molecule has 1 unspecified atom stereocenters. The molecular weight excluding hydrogens is 320 g/mol. The Kier molecular flexibility index (Phi) is 4.57. The average Bonchev–Trinajstić information content (AvgIpc) is 3.02. The summed E-state index contributed by atoms with van der Waals surface area (Å²) in [6, 6.07) is 21.4. The Balaban J connectivity index is 1.64. The maximum Gasteiger partial charge on any atom is 0.232 e. The van der Waals surface area contributed by atoms with Crippen LogP contribution >= 0.6 is 0 Å². The number of nitrogens with zero attached hydrogens (tertiary/aromatic N) is 4. The first kappa shape index (κ1) is 16.6. The van der Waals surface area contributed by atoms with E-state index in [0.29, 0.717) is 6.04 Å². The second kappa shape index (κ2) is 7.16. The summed E-state index contributed by atoms with van der Waals surface area (Å²) in [7, 11) is 0. The minimum Gasteiger partial charge on any atom is -0.352 e. The summed E-state index contributed by atoms with van der Waals surface area (Å²) in [6.45, 7) is 6.15. The molecule has 4 nitrogen and oxygen atoms in total. The van der Waals surface area contributed by atoms with Gasteiger partial charge in [-0.15, -0.1) is 0 Å². The van der Waals surface area contributed by atoms with Gasteiger partial charge in [-0.3, -0.25) is 0 Å². The molecule has 4 heteroatoms. The highest BCUT2D eigenvalue weighted by Crippen LogP contribution is 2.36. The molecule has 0 N–H and O–H groups in total. The highest BCUT2D eigenvalue weighted by molar-refractivity contribution is 5.67. The van der Waals surface area contributed by atoms with Crippen molar-refractivity contribution in [1.82, 2.24) is 9.97 Å². The van der Waals surface area contributed by atoms with E-state index < -0.39 is 0 Å². The normalized spacial score (nSPS) is 15.8. The van der Waals surface area contributed by atoms with Gasteiger partial charge in [0.05, 0.1) is 0 Å². The van der Waals surface area contributed by atoms with Crippen LogP contribution in [-0.4, -0.2) is 22.6 Å². The van der Waals surface area contributed by atoms with Crippen molar-refractivity contribution in [3.8, 4) is 0 Å². The van der Waals surface area contributed by atoms with Crippen molar-refractivity contribution < 1.29 is 0 Å². The third-order valence-electron chi connectivity index (χ3n) is 4.97. The second-order valence-electron chi connectivity index (χ2n) is 6.77. The van der Waals surface area contributed by atoms with Crippen LogP contribution in [0.2, 0.25) is 0 Å². The Labute approximate surface area is 155 Å². The molecule has 132 valence electrons. The predicted octanol–water partition coefficient (Wildman–Crippen LogP) is 4.59. The summed E-state index contributed by atoms with van der Waals surface area (Å²) >= 11 is 0. The smallest absolute Gasteiger partial charge is 0.232 e. The molecule has 0 fully saturated rings. The fraction of sp³-hybridized carbons (Fsp3) is 0.273. The molecule has 4 rings (SSSR count). The number of hydrogen-bond acceptors (Lipinski definition) is 4. The Morgan fingerprint density at radius 3 is 2.62 bits per heavy atom. The van der Waals surface area contributed by atoms with Crippen LogP contribution in [0.15, 0.2) is 66.9 Å². The van der Waals surface area contributed by atoms with E-state index in [1.807, 2.05) is 12.3 Å². The monoisotopic (exact) mass is 344 g/mol. The maximum absolute atomic E-state index is 4.91. The molecule has 3 aromatic rings. The van der Waals surface area contributed by atoms with Crippen molar-refractivity contribution in [3.05, 3.63) is 78.0 Å². The van der Waals surface area contributed by atoms with Gasteiger partial charge < -0.3 is 9.80 Å². The topological polar surface area (TPSA) is 32.3 Å². The molecule has 26 heavy (non-hydrogen) atoms. The van der Waals surface area contributed by atoms with Gasteiger partial charge in [0.1, 0.15) is 5.82 Å². The third-order valence-corrected chi connectivity index (χ3v) is 4.97. The minimum absolute atomic E-state index is 0.367. The zero-order valence-corrected chi connectivity index (χ0v) is 15.3. The number of hydrogen-bond donors (Lipinski definition) is 0. The molecule has 0 spiro atoms. The van der Waals surface area contributed by atoms with Crippen LogP contribution in [0.4, 0.5) is 17.5 Å². The summed E-state index contributed by atoms with van der Waals surface area (Å²) in [5, 5.41) is 0. The minimum atomic E-state index is 0.367. The lowest BCUT2D eigenvalue weighted by molar-refractivity contribution is 0.734. The van der Waals surface area contributed by atoms with Gasteiger partial charge in [-0.25, -0.2) is 4.98 Å². The molecule has 0 aliphatic carbocycles. The molecule has 1 aromatic heterocycles. The van der Waals surface area contributed by atoms with Crippen molar-refractivity contribution in [2.75, 3.05) is 16.3 Å². The second-order valence-corrected chi connectivity index (χ2v) is 6.77. The van der Waals surface area contributed by atoms with E-state index in [1.54, 1.807) is 0 Å². The molecule has 0 saturated carbocycles. The van der Waals surface area contributed by atoms with Crippen LogP contribution in [0, 0.1) is 0 Å². The molecule has 2 aromatic carbocycles. The number of benzene rings is 2. The van der Waals surface area contributed by atoms with Crippen LogP contribution in [0.5, 0.6) is 0 Å². The number of aromatic nitrogens is 2. The maximum atomic E-state index is 4.91. The first-order valence-electron chi connectivity index (χ1n) is 9.25. The van der Waals surface area contributed by atoms with Crippen LogP contribution in [0.3, 0.4) is 0 Å². The zero-order chi connectivity index (χ0) is 17.9. The van der Waals surface area contributed by atoms with E-state index >= 15 is 0 Å². The van der Waals surface area contributed by atoms with Crippen LogP contribution in [0.1, 0.15) is 25.0 Å². The van der Waals surface area contributed by atoms with E-state index in [9.17, 15) is 0 Å². The lowest BCUT2D eigenvalue weighted by Crippen LogP contribution is -2.28. The summed E-state index contributed by atoms with van der Waals surface area (Å²) in [5.41, 5.74) is 3.88. The lowest BCUT2D eigenvalue weighted by atomic mass is 10.1. The van der Waals surface area contributed by atoms with Gasteiger partial charge in [-0.1, -0.05) is 48.5 Å². The standard InChI is InChI=1S/C22H24N4/c1-3-25(16-18-9-5-4-6-10-18)21-13-14-23-22(24-21)26-17(2)15-19-11-7-8-12-20(19)26/h4-14,17H,3,15-16H2,1-2H3. The van der Waals surface area contributed by atoms with Crippen molar-refractivity contribution in [2.24, 2.45) is 0 Å². The molecule has 0 radical (unpaired) electrons. The van der Waals surface area contributed by atoms with Crippen molar-refractivity contribution in [3.63, 3.8) is 0 Å². The largest absolute Gasteiger partial charge is 0.352 e. The molecule has 1 atom stereocenters. The fourth-order valence-electron chi connectivity index (χ4n) is 3.66. The van der Waals surface area contributed by atoms with E-state index in [2.05, 4.69) is 83.2 Å². The van der Waals surface area contributed by atoms with E-state index in [0.717, 1.165) is 31.3 Å². The molecule has 0 bridgehead atoms. The highest BCUT2D eigenvalue weighted by Gasteiger charge is 2.28. The summed E-state index contributed by atoms with van der Waals surface area (Å²) in [6.07, 6.45) is 2.91. The van der Waals surface area contributed by atoms with Crippen LogP contribution in [-0.2, 0) is 13.0 Å². The zero-order valence-electron chi connectivity index (χ0n) is 15.3. The Hall–Kier alpha value is -2.88. The van der Waals surface area contributed by atoms with Gasteiger partial charge in [-0.2, -0.15) is 4.98 Å². The quantitative estimate of drug-likeness (QED) is 0.678. The number of anilines is 3. The van der Waals surface area contributed by atoms with E-state index in [-0.39, 0.29) is 0 Å². The fourth-order valence-corrected chi connectivity index (χ4v) is 3.66. The van der Waals surface area contributed by atoms with Crippen LogP contribution < -0.4 is 9.80 Å². The molecular formula is C22H24N4. The Bertz CT molecular complexity index is 878. The van der Waals surface area contributed by atoms with Gasteiger partial charge in [0.2, 0.25) is 5.95 Å². The first-order chi connectivity index (χ1) is 12.8. The third kappa shape index (κ3) is 3.15. The van der Waals surface area contributed by atoms with Crippen LogP contribution in [0.25, 0.3) is 0 Å². The predicted molar refractivity (Wildman–Crippen MR) is 107 cm³/mol. The van der Waals surface area contributed by atoms with E-state index in [4.69, 9.17) is 4.98 Å². The number of para-hydroxylation sites is 1. The van der Waals surface area contributed by atoms with Gasteiger partial charge in [0.15, 0.2) is 0 Å². The van der Waals surface area contributed by atoms with Gasteiger partial charge >= 0.3 is 0 Å². The molecule has 0 saturated heterocycles. The average molecular weight is 344 g/mol. The van der Waals surface area contributed by atoms with Gasteiger partial charge in [-0.05, 0) is 43.5 Å². The van der Waals surface area contributed by atoms with Crippen molar-refractivity contribution in [2.45, 2.75) is 32.9 Å². The Morgan fingerprint density at radius 1 is 1.04 bits per heavy atom. The Morgan fingerprint density at radius 2 is 1.81 bits per heavy atom. The van der Waals surface area contributed by atoms with E-state index in [1.165, 1.54) is 16.8 Å². The SMILES string of the molecule is CCN(Cc1ccccc1)c1ccnc(N2c3ccccc3CC2C)n1. The summed E-state index contributed by atoms with van der Waals surface area (Å²) in [5.74, 6) is 1.75. The molecule has 1 aliphatic rings. The summed E-state index contributed by atoms with van der Waals surface area (Å²) in [4.78, 5) is 14.0. The van der Waals surface area contributed by atoms with Gasteiger partial charge in [0, 0.05) is 31.0 Å². The lowest BCUT2D eigenvalue weighted by Gasteiger charge is -2.26. The molecule has 1 aliphatic heterocycles. The first-order valence-corrected chi connectivity index (χ1v) is 9.25. The van der Waals surface area contributed by atoms with Crippen molar-refractivity contribution in [1.29, 1.82) is 0 Å². The number of rotatable bonds is 5. The summed E-state index contributed by atoms with van der Waals surface area (Å²) < 4.78 is 0.